The Morgan fingerprint density at radius 1 is 1.30 bits per heavy atom. The van der Waals surface area contributed by atoms with E-state index in [1.54, 1.807) is 19.2 Å². The summed E-state index contributed by atoms with van der Waals surface area (Å²) in [7, 11) is 5.89. The van der Waals surface area contributed by atoms with E-state index in [-0.39, 0.29) is 41.3 Å². The molecule has 27 heavy (non-hydrogen) atoms. The van der Waals surface area contributed by atoms with E-state index in [1.807, 2.05) is 19.1 Å². The van der Waals surface area contributed by atoms with Crippen molar-refractivity contribution in [3.63, 3.8) is 0 Å². The second-order valence-electron chi connectivity index (χ2n) is 7.24. The van der Waals surface area contributed by atoms with Gasteiger partial charge < -0.3 is 20.3 Å². The Kier molecular flexibility index (Phi) is 10.5. The Labute approximate surface area is 180 Å². The minimum Gasteiger partial charge on any atom is -0.377 e. The molecule has 0 radical (unpaired) electrons. The molecule has 1 saturated carbocycles. The third kappa shape index (κ3) is 7.54. The first-order valence-electron chi connectivity index (χ1n) is 9.46. The van der Waals surface area contributed by atoms with Crippen molar-refractivity contribution >= 4 is 29.9 Å². The van der Waals surface area contributed by atoms with Crippen molar-refractivity contribution in [1.82, 2.24) is 15.5 Å². The number of nitrogens with zero attached hydrogens (tertiary/aromatic N) is 2. The van der Waals surface area contributed by atoms with Gasteiger partial charge in [-0.2, -0.15) is 0 Å². The van der Waals surface area contributed by atoms with Gasteiger partial charge in [0.25, 0.3) is 0 Å². The normalized spacial score (nSPS) is 16.6. The number of benzene rings is 1. The summed E-state index contributed by atoms with van der Waals surface area (Å²) in [6.07, 6.45) is 3.11. The van der Waals surface area contributed by atoms with Crippen LogP contribution in [0.25, 0.3) is 0 Å². The van der Waals surface area contributed by atoms with Crippen LogP contribution < -0.4 is 10.6 Å². The second kappa shape index (κ2) is 11.8. The fraction of sp³-hybridized carbons (Fsp3) is 0.650. The highest BCUT2D eigenvalue weighted by atomic mass is 127. The fourth-order valence-corrected chi connectivity index (χ4v) is 3.15. The van der Waals surface area contributed by atoms with Crippen LogP contribution in [0.15, 0.2) is 29.3 Å². The standard InChI is InChI=1S/C20H33FN4O.HI/c1-5-26-16(10-13-25(3)4)14-23-19(22-2)24-15-20(11-12-20)17-8-6-7-9-18(17)21;/h6-9,16H,5,10-15H2,1-4H3,(H2,22,23,24);1H. The summed E-state index contributed by atoms with van der Waals surface area (Å²) in [5.74, 6) is 0.622. The highest BCUT2D eigenvalue weighted by Crippen LogP contribution is 2.48. The summed E-state index contributed by atoms with van der Waals surface area (Å²) < 4.78 is 19.9. The average molecular weight is 492 g/mol. The lowest BCUT2D eigenvalue weighted by Gasteiger charge is -2.23. The zero-order chi connectivity index (χ0) is 19.0. The Balaban J connectivity index is 0.00000364. The molecule has 1 fully saturated rings. The quantitative estimate of drug-likeness (QED) is 0.300. The zero-order valence-corrected chi connectivity index (χ0v) is 19.3. The van der Waals surface area contributed by atoms with Crippen LogP contribution >= 0.6 is 24.0 Å². The fourth-order valence-electron chi connectivity index (χ4n) is 3.15. The number of nitrogens with one attached hydrogen (secondary N) is 2. The predicted molar refractivity (Wildman–Crippen MR) is 121 cm³/mol. The molecule has 5 nitrogen and oxygen atoms in total. The van der Waals surface area contributed by atoms with Gasteiger partial charge in [-0.3, -0.25) is 4.99 Å². The van der Waals surface area contributed by atoms with Crippen LogP contribution in [0.3, 0.4) is 0 Å². The van der Waals surface area contributed by atoms with Gasteiger partial charge in [-0.15, -0.1) is 24.0 Å². The van der Waals surface area contributed by atoms with Crippen LogP contribution in [0.2, 0.25) is 0 Å². The molecule has 1 aromatic rings. The van der Waals surface area contributed by atoms with Crippen molar-refractivity contribution in [3.8, 4) is 0 Å². The molecule has 0 bridgehead atoms. The Morgan fingerprint density at radius 3 is 2.56 bits per heavy atom. The number of ether oxygens (including phenoxy) is 1. The summed E-state index contributed by atoms with van der Waals surface area (Å²) in [5.41, 5.74) is 0.703. The van der Waals surface area contributed by atoms with Gasteiger partial charge in [0.1, 0.15) is 5.82 Å². The number of halogens is 2. The molecule has 1 atom stereocenters. The van der Waals surface area contributed by atoms with Crippen LogP contribution in [0.4, 0.5) is 4.39 Å². The van der Waals surface area contributed by atoms with Crippen molar-refractivity contribution in [1.29, 1.82) is 0 Å². The van der Waals surface area contributed by atoms with Gasteiger partial charge in [0.15, 0.2) is 5.96 Å². The molecule has 0 amide bonds. The van der Waals surface area contributed by atoms with Gasteiger partial charge in [-0.05, 0) is 51.9 Å². The van der Waals surface area contributed by atoms with Crippen molar-refractivity contribution in [2.45, 2.75) is 37.7 Å². The van der Waals surface area contributed by atoms with E-state index >= 15 is 0 Å². The van der Waals surface area contributed by atoms with Gasteiger partial charge >= 0.3 is 0 Å². The van der Waals surface area contributed by atoms with Crippen molar-refractivity contribution in [2.24, 2.45) is 4.99 Å². The lowest BCUT2D eigenvalue weighted by atomic mass is 9.95. The maximum atomic E-state index is 14.1. The molecule has 2 rings (SSSR count). The largest absolute Gasteiger partial charge is 0.377 e. The summed E-state index contributed by atoms with van der Waals surface area (Å²) in [6, 6.07) is 7.08. The molecule has 0 aliphatic heterocycles. The van der Waals surface area contributed by atoms with Crippen LogP contribution in [-0.4, -0.2) is 64.3 Å². The number of rotatable bonds is 10. The van der Waals surface area contributed by atoms with Crippen LogP contribution in [0.1, 0.15) is 31.7 Å². The molecule has 0 saturated heterocycles. The lowest BCUT2D eigenvalue weighted by Crippen LogP contribution is -2.44. The topological polar surface area (TPSA) is 48.9 Å². The van der Waals surface area contributed by atoms with E-state index in [0.29, 0.717) is 19.7 Å². The molecule has 0 heterocycles. The van der Waals surface area contributed by atoms with Gasteiger partial charge in [0.05, 0.1) is 6.10 Å². The molecule has 1 aliphatic rings. The summed E-state index contributed by atoms with van der Waals surface area (Å²) in [4.78, 5) is 6.45. The van der Waals surface area contributed by atoms with Crippen molar-refractivity contribution in [3.05, 3.63) is 35.6 Å². The number of hydrogen-bond acceptors (Lipinski definition) is 3. The zero-order valence-electron chi connectivity index (χ0n) is 16.9. The highest BCUT2D eigenvalue weighted by Gasteiger charge is 2.45. The molecule has 1 unspecified atom stereocenters. The lowest BCUT2D eigenvalue weighted by molar-refractivity contribution is 0.0548. The molecule has 2 N–H and O–H groups in total. The third-order valence-electron chi connectivity index (χ3n) is 4.91. The first kappa shape index (κ1) is 24.1. The molecular formula is C20H34FIN4O. The second-order valence-corrected chi connectivity index (χ2v) is 7.24. The number of guanidine groups is 1. The first-order valence-corrected chi connectivity index (χ1v) is 9.46. The van der Waals surface area contributed by atoms with Gasteiger partial charge in [-0.1, -0.05) is 18.2 Å². The molecule has 7 heteroatoms. The Morgan fingerprint density at radius 2 is 2.00 bits per heavy atom. The molecule has 0 spiro atoms. The monoisotopic (exact) mass is 492 g/mol. The molecule has 1 aliphatic carbocycles. The predicted octanol–water partition coefficient (Wildman–Crippen LogP) is 3.00. The van der Waals surface area contributed by atoms with Gasteiger partial charge in [-0.25, -0.2) is 4.39 Å². The summed E-state index contributed by atoms with van der Waals surface area (Å²) >= 11 is 0. The molecule has 0 aromatic heterocycles. The maximum absolute atomic E-state index is 14.1. The minimum atomic E-state index is -0.116. The summed E-state index contributed by atoms with van der Waals surface area (Å²) in [5, 5.41) is 6.71. The van der Waals surface area contributed by atoms with E-state index in [9.17, 15) is 4.39 Å². The minimum absolute atomic E-state index is 0. The van der Waals surface area contributed by atoms with Crippen LogP contribution in [-0.2, 0) is 10.2 Å². The van der Waals surface area contributed by atoms with Gasteiger partial charge in [0.2, 0.25) is 0 Å². The van der Waals surface area contributed by atoms with Gasteiger partial charge in [0, 0.05) is 38.7 Å². The maximum Gasteiger partial charge on any atom is 0.191 e. The Bertz CT molecular complexity index is 593. The number of hydrogen-bond donors (Lipinski definition) is 2. The van der Waals surface area contributed by atoms with E-state index < -0.39 is 0 Å². The van der Waals surface area contributed by atoms with Crippen molar-refractivity contribution < 1.29 is 9.13 Å². The third-order valence-corrected chi connectivity index (χ3v) is 4.91. The molecular weight excluding hydrogens is 458 g/mol. The van der Waals surface area contributed by atoms with Crippen molar-refractivity contribution in [2.75, 3.05) is 47.4 Å². The first-order chi connectivity index (χ1) is 12.5. The van der Waals surface area contributed by atoms with E-state index in [1.165, 1.54) is 0 Å². The van der Waals surface area contributed by atoms with E-state index in [0.717, 1.165) is 37.3 Å². The molecule has 1 aromatic carbocycles. The average Bonchev–Trinajstić information content (AvgIpc) is 3.40. The number of aliphatic imine (C=N–C) groups is 1. The van der Waals surface area contributed by atoms with E-state index in [4.69, 9.17) is 4.74 Å². The van der Waals surface area contributed by atoms with Crippen LogP contribution in [0.5, 0.6) is 0 Å². The smallest absolute Gasteiger partial charge is 0.191 e. The molecule has 154 valence electrons. The summed E-state index contributed by atoms with van der Waals surface area (Å²) in [6.45, 7) is 5.08. The highest BCUT2D eigenvalue weighted by molar-refractivity contribution is 14.0. The van der Waals surface area contributed by atoms with Crippen LogP contribution in [0, 0.1) is 5.82 Å². The Hall–Kier alpha value is -0.930. The van der Waals surface area contributed by atoms with E-state index in [2.05, 4.69) is 34.6 Å². The SMILES string of the molecule is CCOC(CCN(C)C)CNC(=NC)NCC1(c2ccccc2F)CC1.I.